The SMILES string of the molecule is Cc1c(NC(=O)c2ccc(OCc3ccccn3)cc2)ccc(C(N)=O)c1-c1ccccc1N. The molecule has 0 radical (unpaired) electrons. The summed E-state index contributed by atoms with van der Waals surface area (Å²) in [6, 6.07) is 22.9. The number of nitrogens with two attached hydrogens (primary N) is 2. The number of rotatable bonds is 7. The second kappa shape index (κ2) is 9.87. The third kappa shape index (κ3) is 4.88. The summed E-state index contributed by atoms with van der Waals surface area (Å²) in [5, 5.41) is 2.92. The zero-order valence-electron chi connectivity index (χ0n) is 18.6. The Bertz CT molecular complexity index is 1340. The van der Waals surface area contributed by atoms with Crippen molar-refractivity contribution < 1.29 is 14.3 Å². The van der Waals surface area contributed by atoms with Gasteiger partial charge in [0.2, 0.25) is 5.91 Å². The van der Waals surface area contributed by atoms with Gasteiger partial charge in [0.15, 0.2) is 0 Å². The largest absolute Gasteiger partial charge is 0.487 e. The van der Waals surface area contributed by atoms with Gasteiger partial charge >= 0.3 is 0 Å². The summed E-state index contributed by atoms with van der Waals surface area (Å²) in [7, 11) is 0. The highest BCUT2D eigenvalue weighted by Gasteiger charge is 2.18. The minimum atomic E-state index is -0.569. The van der Waals surface area contributed by atoms with Crippen molar-refractivity contribution in [3.05, 3.63) is 107 Å². The standard InChI is InChI=1S/C27H24N4O3/c1-17-24(14-13-22(26(29)32)25(17)21-7-2-3-8-23(21)28)31-27(33)18-9-11-20(12-10-18)34-16-19-6-4-5-15-30-19/h2-15H,16,28H2,1H3,(H2,29,32)(H,31,33). The van der Waals surface area contributed by atoms with Crippen LogP contribution < -0.4 is 21.5 Å². The summed E-state index contributed by atoms with van der Waals surface area (Å²) in [6.07, 6.45) is 1.71. The molecule has 7 nitrogen and oxygen atoms in total. The Kier molecular flexibility index (Phi) is 6.54. The maximum Gasteiger partial charge on any atom is 0.255 e. The second-order valence-electron chi connectivity index (χ2n) is 7.70. The first-order chi connectivity index (χ1) is 16.4. The van der Waals surface area contributed by atoms with Crippen molar-refractivity contribution in [1.29, 1.82) is 0 Å². The molecule has 170 valence electrons. The lowest BCUT2D eigenvalue weighted by Crippen LogP contribution is -2.16. The number of benzene rings is 3. The number of aromatic nitrogens is 1. The molecular weight excluding hydrogens is 428 g/mol. The van der Waals surface area contributed by atoms with Gasteiger partial charge in [0.25, 0.3) is 5.91 Å². The molecule has 0 unspecified atom stereocenters. The summed E-state index contributed by atoms with van der Waals surface area (Å²) < 4.78 is 5.73. The van der Waals surface area contributed by atoms with E-state index in [-0.39, 0.29) is 5.91 Å². The molecule has 0 bridgehead atoms. The van der Waals surface area contributed by atoms with Crippen molar-refractivity contribution in [3.63, 3.8) is 0 Å². The molecule has 0 aliphatic carbocycles. The third-order valence-corrected chi connectivity index (χ3v) is 5.44. The molecule has 0 saturated heterocycles. The first-order valence-electron chi connectivity index (χ1n) is 10.7. The van der Waals surface area contributed by atoms with Gasteiger partial charge in [0, 0.05) is 39.8 Å². The van der Waals surface area contributed by atoms with E-state index in [0.29, 0.717) is 51.5 Å². The topological polar surface area (TPSA) is 120 Å². The Labute approximate surface area is 197 Å². The minimum absolute atomic E-state index is 0.293. The minimum Gasteiger partial charge on any atom is -0.487 e. The third-order valence-electron chi connectivity index (χ3n) is 5.44. The first kappa shape index (κ1) is 22.5. The number of anilines is 2. The number of pyridine rings is 1. The monoisotopic (exact) mass is 452 g/mol. The highest BCUT2D eigenvalue weighted by atomic mass is 16.5. The summed E-state index contributed by atoms with van der Waals surface area (Å²) in [6.45, 7) is 2.15. The second-order valence-corrected chi connectivity index (χ2v) is 7.70. The molecule has 2 amide bonds. The number of primary amides is 1. The van der Waals surface area contributed by atoms with Crippen molar-refractivity contribution in [2.45, 2.75) is 13.5 Å². The number of carbonyl (C=O) groups excluding carboxylic acids is 2. The molecule has 0 fully saturated rings. The van der Waals surface area contributed by atoms with Crippen LogP contribution in [0, 0.1) is 6.92 Å². The summed E-state index contributed by atoms with van der Waals surface area (Å²) >= 11 is 0. The smallest absolute Gasteiger partial charge is 0.255 e. The molecule has 4 rings (SSSR count). The number of carbonyl (C=O) groups is 2. The van der Waals surface area contributed by atoms with E-state index in [4.69, 9.17) is 16.2 Å². The van der Waals surface area contributed by atoms with Crippen LogP contribution >= 0.6 is 0 Å². The summed E-state index contributed by atoms with van der Waals surface area (Å²) in [5.74, 6) is -0.232. The molecule has 0 saturated carbocycles. The number of nitrogens with zero attached hydrogens (tertiary/aromatic N) is 1. The fraction of sp³-hybridized carbons (Fsp3) is 0.0741. The van der Waals surface area contributed by atoms with E-state index in [1.165, 1.54) is 0 Å². The van der Waals surface area contributed by atoms with E-state index in [9.17, 15) is 9.59 Å². The maximum atomic E-state index is 12.9. The van der Waals surface area contributed by atoms with E-state index in [1.807, 2.05) is 43.3 Å². The molecule has 0 aliphatic heterocycles. The molecule has 4 aromatic rings. The normalized spacial score (nSPS) is 10.5. The zero-order chi connectivity index (χ0) is 24.1. The number of nitrogen functional groups attached to an aromatic ring is 1. The van der Waals surface area contributed by atoms with Crippen molar-refractivity contribution in [1.82, 2.24) is 4.98 Å². The number of hydrogen-bond donors (Lipinski definition) is 3. The number of hydrogen-bond acceptors (Lipinski definition) is 5. The number of nitrogens with one attached hydrogen (secondary N) is 1. The molecule has 1 aromatic heterocycles. The molecule has 7 heteroatoms. The van der Waals surface area contributed by atoms with Gasteiger partial charge in [-0.15, -0.1) is 0 Å². The Morgan fingerprint density at radius 3 is 2.35 bits per heavy atom. The number of para-hydroxylation sites is 1. The Hall–Kier alpha value is -4.65. The number of amides is 2. The lowest BCUT2D eigenvalue weighted by molar-refractivity contribution is 0.0998. The molecule has 5 N–H and O–H groups in total. The Morgan fingerprint density at radius 2 is 1.68 bits per heavy atom. The van der Waals surface area contributed by atoms with Crippen LogP contribution in [0.4, 0.5) is 11.4 Å². The van der Waals surface area contributed by atoms with Crippen LogP contribution in [0.2, 0.25) is 0 Å². The zero-order valence-corrected chi connectivity index (χ0v) is 18.6. The molecule has 1 heterocycles. The summed E-state index contributed by atoms with van der Waals surface area (Å²) in [4.78, 5) is 29.2. The van der Waals surface area contributed by atoms with Gasteiger partial charge in [-0.3, -0.25) is 14.6 Å². The van der Waals surface area contributed by atoms with E-state index in [0.717, 1.165) is 5.69 Å². The van der Waals surface area contributed by atoms with Crippen LogP contribution in [-0.2, 0) is 6.61 Å². The highest BCUT2D eigenvalue weighted by Crippen LogP contribution is 2.35. The van der Waals surface area contributed by atoms with Crippen LogP contribution in [0.5, 0.6) is 5.75 Å². The van der Waals surface area contributed by atoms with Gasteiger partial charge in [0.05, 0.1) is 5.69 Å². The average Bonchev–Trinajstić information content (AvgIpc) is 2.85. The summed E-state index contributed by atoms with van der Waals surface area (Å²) in [5.41, 5.74) is 16.4. The molecular formula is C27H24N4O3. The van der Waals surface area contributed by atoms with Gasteiger partial charge in [-0.1, -0.05) is 24.3 Å². The van der Waals surface area contributed by atoms with Gasteiger partial charge < -0.3 is 21.5 Å². The van der Waals surface area contributed by atoms with Crippen LogP contribution in [-0.4, -0.2) is 16.8 Å². The van der Waals surface area contributed by atoms with Gasteiger partial charge in [-0.25, -0.2) is 0 Å². The van der Waals surface area contributed by atoms with Crippen molar-refractivity contribution >= 4 is 23.2 Å². The van der Waals surface area contributed by atoms with Crippen LogP contribution in [0.25, 0.3) is 11.1 Å². The van der Waals surface area contributed by atoms with E-state index < -0.39 is 5.91 Å². The Balaban J connectivity index is 1.54. The van der Waals surface area contributed by atoms with E-state index in [1.54, 1.807) is 48.7 Å². The molecule has 0 spiro atoms. The van der Waals surface area contributed by atoms with Gasteiger partial charge in [0.1, 0.15) is 12.4 Å². The van der Waals surface area contributed by atoms with Crippen molar-refractivity contribution in [2.24, 2.45) is 5.73 Å². The molecule has 34 heavy (non-hydrogen) atoms. The fourth-order valence-electron chi connectivity index (χ4n) is 3.66. The van der Waals surface area contributed by atoms with Gasteiger partial charge in [-0.2, -0.15) is 0 Å². The quantitative estimate of drug-likeness (QED) is 0.355. The van der Waals surface area contributed by atoms with Gasteiger partial charge in [-0.05, 0) is 67.1 Å². The van der Waals surface area contributed by atoms with Crippen molar-refractivity contribution in [2.75, 3.05) is 11.1 Å². The molecule has 0 atom stereocenters. The van der Waals surface area contributed by atoms with Crippen molar-refractivity contribution in [3.8, 4) is 16.9 Å². The van der Waals surface area contributed by atoms with Crippen LogP contribution in [0.3, 0.4) is 0 Å². The van der Waals surface area contributed by atoms with Crippen LogP contribution in [0.15, 0.2) is 85.1 Å². The van der Waals surface area contributed by atoms with Crippen LogP contribution in [0.1, 0.15) is 32.0 Å². The lowest BCUT2D eigenvalue weighted by atomic mass is 9.92. The first-order valence-corrected chi connectivity index (χ1v) is 10.7. The predicted molar refractivity (Wildman–Crippen MR) is 133 cm³/mol. The van der Waals surface area contributed by atoms with E-state index >= 15 is 0 Å². The Morgan fingerprint density at radius 1 is 0.941 bits per heavy atom. The average molecular weight is 453 g/mol. The molecule has 0 aliphatic rings. The van der Waals surface area contributed by atoms with E-state index in [2.05, 4.69) is 10.3 Å². The predicted octanol–water partition coefficient (Wildman–Crippen LogP) is 4.57. The lowest BCUT2D eigenvalue weighted by Gasteiger charge is -2.17. The maximum absolute atomic E-state index is 12.9. The molecule has 3 aromatic carbocycles. The highest BCUT2D eigenvalue weighted by molar-refractivity contribution is 6.07. The number of ether oxygens (including phenoxy) is 1. The fourth-order valence-corrected chi connectivity index (χ4v) is 3.66.